The Morgan fingerprint density at radius 1 is 1.00 bits per heavy atom. The van der Waals surface area contributed by atoms with E-state index >= 15 is 0 Å². The summed E-state index contributed by atoms with van der Waals surface area (Å²) in [6.45, 7) is 4.41. The number of aromatic hydroxyl groups is 1. The lowest BCUT2D eigenvalue weighted by molar-refractivity contribution is -0.153. The van der Waals surface area contributed by atoms with Crippen molar-refractivity contribution in [1.29, 1.82) is 0 Å². The molecule has 4 aromatic rings. The summed E-state index contributed by atoms with van der Waals surface area (Å²) in [6, 6.07) is 21.7. The van der Waals surface area contributed by atoms with Gasteiger partial charge in [-0.25, -0.2) is 4.98 Å². The number of carbonyl (C=O) groups is 2. The van der Waals surface area contributed by atoms with Gasteiger partial charge in [0.2, 0.25) is 11.9 Å². The molecule has 1 N–H and O–H groups in total. The maximum absolute atomic E-state index is 14.1. The molecular formula is C29H29N3O5. The molecule has 3 aromatic carbocycles. The molecule has 0 bridgehead atoms. The largest absolute Gasteiger partial charge is 0.504 e. The van der Waals surface area contributed by atoms with Gasteiger partial charge < -0.3 is 19.1 Å². The summed E-state index contributed by atoms with van der Waals surface area (Å²) in [4.78, 5) is 33.8. The predicted octanol–water partition coefficient (Wildman–Crippen LogP) is 4.50. The van der Waals surface area contributed by atoms with Crippen LogP contribution in [0, 0.1) is 5.92 Å². The molecule has 2 heterocycles. The molecule has 8 heteroatoms. The number of hydrogen-bond donors (Lipinski definition) is 1. The first kappa shape index (κ1) is 24.4. The monoisotopic (exact) mass is 499 g/mol. The van der Waals surface area contributed by atoms with Crippen LogP contribution in [0.2, 0.25) is 0 Å². The Balaban J connectivity index is 1.69. The number of ether oxygens (including phenoxy) is 2. The van der Waals surface area contributed by atoms with Crippen LogP contribution in [0.4, 0.5) is 5.95 Å². The van der Waals surface area contributed by atoms with E-state index < -0.39 is 17.9 Å². The van der Waals surface area contributed by atoms with Crippen molar-refractivity contribution in [2.45, 2.75) is 26.3 Å². The quantitative estimate of drug-likeness (QED) is 0.283. The fourth-order valence-corrected chi connectivity index (χ4v) is 4.93. The number of amides is 1. The van der Waals surface area contributed by atoms with Gasteiger partial charge >= 0.3 is 5.97 Å². The average molecular weight is 500 g/mol. The van der Waals surface area contributed by atoms with E-state index in [4.69, 9.17) is 14.5 Å². The smallest absolute Gasteiger partial charge is 0.321 e. The van der Waals surface area contributed by atoms with Crippen LogP contribution < -0.4 is 9.64 Å². The van der Waals surface area contributed by atoms with Crippen LogP contribution in [0.5, 0.6) is 11.5 Å². The highest BCUT2D eigenvalue weighted by molar-refractivity contribution is 6.08. The van der Waals surface area contributed by atoms with Gasteiger partial charge in [0.1, 0.15) is 0 Å². The highest BCUT2D eigenvalue weighted by Gasteiger charge is 2.48. The number of imidazole rings is 1. The van der Waals surface area contributed by atoms with Gasteiger partial charge in [0.05, 0.1) is 30.3 Å². The maximum atomic E-state index is 14.1. The molecule has 2 atom stereocenters. The van der Waals surface area contributed by atoms with Crippen molar-refractivity contribution in [3.05, 3.63) is 83.9 Å². The first-order valence-electron chi connectivity index (χ1n) is 12.5. The molecule has 0 fully saturated rings. The number of benzene rings is 3. The van der Waals surface area contributed by atoms with Crippen molar-refractivity contribution in [3.8, 4) is 11.5 Å². The zero-order valence-corrected chi connectivity index (χ0v) is 20.8. The van der Waals surface area contributed by atoms with E-state index in [0.29, 0.717) is 36.6 Å². The molecular weight excluding hydrogens is 470 g/mol. The number of hydrogen-bond acceptors (Lipinski definition) is 6. The van der Waals surface area contributed by atoms with E-state index in [1.165, 1.54) is 6.07 Å². The lowest BCUT2D eigenvalue weighted by Gasteiger charge is -2.38. The minimum absolute atomic E-state index is 0.0133. The zero-order chi connectivity index (χ0) is 25.9. The highest BCUT2D eigenvalue weighted by atomic mass is 16.5. The number of para-hydroxylation sites is 2. The number of phenols is 1. The fraction of sp³-hybridized carbons (Fsp3) is 0.276. The molecule has 0 saturated carbocycles. The van der Waals surface area contributed by atoms with Gasteiger partial charge in [-0.3, -0.25) is 14.5 Å². The second-order valence-corrected chi connectivity index (χ2v) is 8.83. The highest BCUT2D eigenvalue weighted by Crippen LogP contribution is 2.43. The predicted molar refractivity (Wildman–Crippen MR) is 140 cm³/mol. The second kappa shape index (κ2) is 10.3. The van der Waals surface area contributed by atoms with E-state index in [1.54, 1.807) is 24.0 Å². The second-order valence-electron chi connectivity index (χ2n) is 8.83. The molecule has 0 aliphatic carbocycles. The summed E-state index contributed by atoms with van der Waals surface area (Å²) < 4.78 is 13.0. The lowest BCUT2D eigenvalue weighted by Crippen LogP contribution is -2.50. The van der Waals surface area contributed by atoms with Crippen LogP contribution in [0.3, 0.4) is 0 Å². The summed E-state index contributed by atoms with van der Waals surface area (Å²) >= 11 is 0. The number of esters is 1. The molecule has 8 nitrogen and oxygen atoms in total. The lowest BCUT2D eigenvalue weighted by atomic mass is 9.89. The molecule has 1 aliphatic heterocycles. The molecule has 0 saturated heterocycles. The van der Waals surface area contributed by atoms with Crippen molar-refractivity contribution in [2.24, 2.45) is 5.92 Å². The number of nitrogens with zero attached hydrogens (tertiary/aromatic N) is 3. The van der Waals surface area contributed by atoms with Gasteiger partial charge in [-0.2, -0.15) is 0 Å². The normalized spacial score (nSPS) is 17.0. The number of aromatic nitrogens is 2. The first-order chi connectivity index (χ1) is 18.0. The Morgan fingerprint density at radius 3 is 2.51 bits per heavy atom. The van der Waals surface area contributed by atoms with Gasteiger partial charge in [-0.1, -0.05) is 48.5 Å². The first-order valence-corrected chi connectivity index (χ1v) is 12.5. The Kier molecular flexibility index (Phi) is 6.81. The Morgan fingerprint density at radius 2 is 1.76 bits per heavy atom. The Hall–Kier alpha value is -4.33. The minimum Gasteiger partial charge on any atom is -0.504 e. The van der Waals surface area contributed by atoms with E-state index in [9.17, 15) is 14.7 Å². The van der Waals surface area contributed by atoms with E-state index in [1.807, 2.05) is 66.1 Å². The topological polar surface area (TPSA) is 93.9 Å². The van der Waals surface area contributed by atoms with Crippen LogP contribution >= 0.6 is 0 Å². The zero-order valence-electron chi connectivity index (χ0n) is 20.8. The van der Waals surface area contributed by atoms with Crippen molar-refractivity contribution >= 4 is 28.9 Å². The molecule has 0 radical (unpaired) electrons. The Bertz CT molecular complexity index is 1430. The van der Waals surface area contributed by atoms with E-state index in [-0.39, 0.29) is 24.0 Å². The number of anilines is 1. The van der Waals surface area contributed by atoms with E-state index in [0.717, 1.165) is 11.1 Å². The van der Waals surface area contributed by atoms with Gasteiger partial charge in [0, 0.05) is 6.54 Å². The minimum atomic E-state index is -1.14. The maximum Gasteiger partial charge on any atom is 0.321 e. The third kappa shape index (κ3) is 4.50. The van der Waals surface area contributed by atoms with Gasteiger partial charge in [0.15, 0.2) is 17.4 Å². The summed E-state index contributed by atoms with van der Waals surface area (Å²) in [5.41, 5.74) is 3.22. The van der Waals surface area contributed by atoms with Crippen molar-refractivity contribution in [1.82, 2.24) is 9.55 Å². The molecule has 0 spiro atoms. The average Bonchev–Trinajstić information content (AvgIpc) is 3.29. The van der Waals surface area contributed by atoms with Crippen LogP contribution in [0.15, 0.2) is 72.8 Å². The van der Waals surface area contributed by atoms with Crippen LogP contribution in [0.25, 0.3) is 11.0 Å². The molecule has 37 heavy (non-hydrogen) atoms. The van der Waals surface area contributed by atoms with Gasteiger partial charge in [-0.15, -0.1) is 0 Å². The van der Waals surface area contributed by atoms with Crippen LogP contribution in [-0.2, 0) is 20.7 Å². The fourth-order valence-electron chi connectivity index (χ4n) is 4.93. The van der Waals surface area contributed by atoms with Crippen molar-refractivity contribution < 1.29 is 24.2 Å². The summed E-state index contributed by atoms with van der Waals surface area (Å²) in [5, 5.41) is 10.3. The van der Waals surface area contributed by atoms with Crippen molar-refractivity contribution in [2.75, 3.05) is 24.7 Å². The number of rotatable bonds is 8. The summed E-state index contributed by atoms with van der Waals surface area (Å²) in [6.07, 6.45) is 0.601. The van der Waals surface area contributed by atoms with Crippen molar-refractivity contribution in [3.63, 3.8) is 0 Å². The van der Waals surface area contributed by atoms with Crippen LogP contribution in [0.1, 0.15) is 31.0 Å². The molecule has 0 unspecified atom stereocenters. The summed E-state index contributed by atoms with van der Waals surface area (Å²) in [7, 11) is 0. The van der Waals surface area contributed by atoms with Gasteiger partial charge in [0.25, 0.3) is 0 Å². The summed E-state index contributed by atoms with van der Waals surface area (Å²) in [5.74, 6) is -1.36. The third-order valence-electron chi connectivity index (χ3n) is 6.58. The SMILES string of the molecule is CCOC(=O)[C@@H]1C(=O)N(CCc2ccccc2)c2nc3ccccc3n2[C@H]1c1ccc(O)c(OCC)c1. The molecule has 1 aliphatic rings. The molecule has 1 aromatic heterocycles. The van der Waals surface area contributed by atoms with Gasteiger partial charge in [-0.05, 0) is 55.7 Å². The standard InChI is InChI=1S/C29H29N3O5/c1-3-36-24-18-20(14-15-23(24)33)26-25(28(35)37-4-2)27(34)31(17-16-19-10-6-5-7-11-19)29-30-21-12-8-9-13-22(21)32(26)29/h5-15,18,25-26,33H,3-4,16-17H2,1-2H3/t25-,26-/m0/s1. The number of carbonyl (C=O) groups excluding carboxylic acids is 2. The molecule has 190 valence electrons. The van der Waals surface area contributed by atoms with Crippen LogP contribution in [-0.4, -0.2) is 46.3 Å². The molecule has 1 amide bonds. The van der Waals surface area contributed by atoms with E-state index in [2.05, 4.69) is 0 Å². The third-order valence-corrected chi connectivity index (χ3v) is 6.58. The number of fused-ring (bicyclic) bond motifs is 3. The number of phenolic OH excluding ortho intramolecular Hbond substituents is 1. The Labute approximate surface area is 215 Å². The molecule has 5 rings (SSSR count).